The molecule has 1 aliphatic heterocycles. The molecule has 0 aliphatic carbocycles. The van der Waals surface area contributed by atoms with Gasteiger partial charge in [-0.3, -0.25) is 9.59 Å². The molecule has 3 rings (SSSR count). The number of rotatable bonds is 4. The Morgan fingerprint density at radius 1 is 1.33 bits per heavy atom. The molecule has 24 heavy (non-hydrogen) atoms. The Kier molecular flexibility index (Phi) is 5.01. The average molecular weight is 348 g/mol. The molecule has 1 N–H and O–H groups in total. The van der Waals surface area contributed by atoms with Crippen LogP contribution in [0.1, 0.15) is 38.3 Å². The third kappa shape index (κ3) is 3.22. The quantitative estimate of drug-likeness (QED) is 0.922. The maximum atomic E-state index is 13.0. The van der Waals surface area contributed by atoms with Crippen LogP contribution >= 0.6 is 11.3 Å². The molecule has 2 amide bonds. The minimum absolute atomic E-state index is 0.0470. The van der Waals surface area contributed by atoms with Crippen molar-refractivity contribution in [1.82, 2.24) is 4.90 Å². The lowest BCUT2D eigenvalue weighted by atomic mass is 10.1. The van der Waals surface area contributed by atoms with Crippen molar-refractivity contribution in [3.63, 3.8) is 0 Å². The number of nitrogens with zero attached hydrogens (tertiary/aromatic N) is 1. The molecule has 1 aliphatic rings. The molecule has 3 heterocycles. The Bertz CT molecular complexity index is 730. The number of carbonyl (C=O) groups excluding carboxylic acids is 2. The van der Waals surface area contributed by atoms with Crippen LogP contribution < -0.4 is 5.32 Å². The predicted molar refractivity (Wildman–Crippen MR) is 91.8 cm³/mol. The van der Waals surface area contributed by atoms with Crippen LogP contribution in [0, 0.1) is 6.92 Å². The molecule has 0 unspecified atom stereocenters. The second-order valence-corrected chi connectivity index (χ2v) is 6.76. The van der Waals surface area contributed by atoms with Crippen molar-refractivity contribution in [3.8, 4) is 0 Å². The molecule has 128 valence electrons. The van der Waals surface area contributed by atoms with Crippen LogP contribution in [0.4, 0.5) is 5.00 Å². The smallest absolute Gasteiger partial charge is 0.291 e. The van der Waals surface area contributed by atoms with E-state index in [0.717, 1.165) is 16.9 Å². The zero-order valence-corrected chi connectivity index (χ0v) is 14.6. The molecule has 0 aromatic carbocycles. The Labute approximate surface area is 144 Å². The second-order valence-electron chi connectivity index (χ2n) is 5.53. The average Bonchev–Trinajstić information content (AvgIpc) is 3.23. The zero-order valence-electron chi connectivity index (χ0n) is 13.8. The first-order valence-corrected chi connectivity index (χ1v) is 8.77. The van der Waals surface area contributed by atoms with Crippen molar-refractivity contribution in [3.05, 3.63) is 40.2 Å². The number of carbonyl (C=O) groups is 2. The first-order valence-electron chi connectivity index (χ1n) is 7.96. The molecule has 0 bridgehead atoms. The van der Waals surface area contributed by atoms with Gasteiger partial charge in [0.2, 0.25) is 0 Å². The minimum Gasteiger partial charge on any atom is -0.459 e. The molecule has 0 atom stereocenters. The van der Waals surface area contributed by atoms with Gasteiger partial charge in [0, 0.05) is 18.0 Å². The van der Waals surface area contributed by atoms with Crippen LogP contribution in [-0.4, -0.2) is 43.0 Å². The highest BCUT2D eigenvalue weighted by atomic mass is 32.1. The summed E-state index contributed by atoms with van der Waals surface area (Å²) in [5, 5.41) is 3.42. The SMILES string of the molecule is CCc1c(C)sc(NC(=O)c2ccco2)c1C(=O)N1CCOCC1. The number of anilines is 1. The summed E-state index contributed by atoms with van der Waals surface area (Å²) in [6.07, 6.45) is 2.19. The molecule has 6 nitrogen and oxygen atoms in total. The van der Waals surface area contributed by atoms with Crippen molar-refractivity contribution in [1.29, 1.82) is 0 Å². The van der Waals surface area contributed by atoms with Gasteiger partial charge in [-0.05, 0) is 31.0 Å². The Morgan fingerprint density at radius 2 is 2.08 bits per heavy atom. The number of morpholine rings is 1. The predicted octanol–water partition coefficient (Wildman–Crippen LogP) is 2.94. The highest BCUT2D eigenvalue weighted by molar-refractivity contribution is 7.16. The maximum Gasteiger partial charge on any atom is 0.291 e. The number of hydrogen-bond donors (Lipinski definition) is 1. The van der Waals surface area contributed by atoms with Crippen LogP contribution in [0.5, 0.6) is 0 Å². The van der Waals surface area contributed by atoms with Gasteiger partial charge in [0.1, 0.15) is 5.00 Å². The third-order valence-electron chi connectivity index (χ3n) is 4.05. The van der Waals surface area contributed by atoms with Crippen LogP contribution in [-0.2, 0) is 11.2 Å². The van der Waals surface area contributed by atoms with E-state index in [4.69, 9.17) is 9.15 Å². The summed E-state index contributed by atoms with van der Waals surface area (Å²) in [6.45, 7) is 6.23. The monoisotopic (exact) mass is 348 g/mol. The number of aryl methyl sites for hydroxylation is 1. The zero-order chi connectivity index (χ0) is 17.1. The van der Waals surface area contributed by atoms with E-state index in [0.29, 0.717) is 36.9 Å². The van der Waals surface area contributed by atoms with Crippen molar-refractivity contribution in [2.75, 3.05) is 31.6 Å². The van der Waals surface area contributed by atoms with Crippen molar-refractivity contribution < 1.29 is 18.7 Å². The summed E-state index contributed by atoms with van der Waals surface area (Å²) in [7, 11) is 0. The molecule has 0 radical (unpaired) electrons. The maximum absolute atomic E-state index is 13.0. The molecule has 2 aromatic heterocycles. The lowest BCUT2D eigenvalue weighted by molar-refractivity contribution is 0.0303. The number of nitrogens with one attached hydrogen (secondary N) is 1. The summed E-state index contributed by atoms with van der Waals surface area (Å²) in [5.74, 6) is -0.168. The van der Waals surface area contributed by atoms with Crippen molar-refractivity contribution >= 4 is 28.2 Å². The summed E-state index contributed by atoms with van der Waals surface area (Å²) >= 11 is 1.43. The topological polar surface area (TPSA) is 71.8 Å². The molecule has 7 heteroatoms. The lowest BCUT2D eigenvalue weighted by Gasteiger charge is -2.27. The van der Waals surface area contributed by atoms with Gasteiger partial charge in [0.25, 0.3) is 11.8 Å². The molecule has 1 saturated heterocycles. The fourth-order valence-electron chi connectivity index (χ4n) is 2.82. The molecule has 0 spiro atoms. The summed E-state index contributed by atoms with van der Waals surface area (Å²) < 4.78 is 10.4. The van der Waals surface area contributed by atoms with Crippen molar-refractivity contribution in [2.24, 2.45) is 0 Å². The first-order chi connectivity index (χ1) is 11.6. The number of ether oxygens (including phenoxy) is 1. The van der Waals surface area contributed by atoms with Gasteiger partial charge in [-0.2, -0.15) is 0 Å². The van der Waals surface area contributed by atoms with Crippen LogP contribution in [0.15, 0.2) is 22.8 Å². The van der Waals surface area contributed by atoms with Gasteiger partial charge in [-0.15, -0.1) is 11.3 Å². The van der Waals surface area contributed by atoms with E-state index >= 15 is 0 Å². The van der Waals surface area contributed by atoms with Gasteiger partial charge in [-0.25, -0.2) is 0 Å². The molecule has 1 fully saturated rings. The number of thiophene rings is 1. The van der Waals surface area contributed by atoms with Gasteiger partial charge in [0.15, 0.2) is 5.76 Å². The van der Waals surface area contributed by atoms with Crippen LogP contribution in [0.2, 0.25) is 0 Å². The Balaban J connectivity index is 1.91. The van der Waals surface area contributed by atoms with E-state index in [1.807, 2.05) is 13.8 Å². The van der Waals surface area contributed by atoms with Gasteiger partial charge in [-0.1, -0.05) is 6.92 Å². The minimum atomic E-state index is -0.347. The summed E-state index contributed by atoms with van der Waals surface area (Å²) in [5.41, 5.74) is 1.59. The largest absolute Gasteiger partial charge is 0.459 e. The molecular formula is C17H20N2O4S. The molecule has 2 aromatic rings. The van der Waals surface area contributed by atoms with E-state index in [-0.39, 0.29) is 17.6 Å². The fourth-order valence-corrected chi connectivity index (χ4v) is 3.95. The number of hydrogen-bond acceptors (Lipinski definition) is 5. The van der Waals surface area contributed by atoms with Crippen LogP contribution in [0.25, 0.3) is 0 Å². The number of furan rings is 1. The highest BCUT2D eigenvalue weighted by Gasteiger charge is 2.27. The number of amides is 2. The highest BCUT2D eigenvalue weighted by Crippen LogP contribution is 2.35. The third-order valence-corrected chi connectivity index (χ3v) is 5.11. The fraction of sp³-hybridized carbons (Fsp3) is 0.412. The molecular weight excluding hydrogens is 328 g/mol. The van der Waals surface area contributed by atoms with E-state index in [9.17, 15) is 9.59 Å². The van der Waals surface area contributed by atoms with E-state index in [1.54, 1.807) is 17.0 Å². The summed E-state index contributed by atoms with van der Waals surface area (Å²) in [6, 6.07) is 3.26. The Hall–Kier alpha value is -2.12. The van der Waals surface area contributed by atoms with Crippen LogP contribution in [0.3, 0.4) is 0 Å². The standard InChI is InChI=1S/C17H20N2O4S/c1-3-12-11(2)24-16(18-15(20)13-5-4-8-23-13)14(12)17(21)19-6-9-22-10-7-19/h4-5,8H,3,6-7,9-10H2,1-2H3,(H,18,20). The lowest BCUT2D eigenvalue weighted by Crippen LogP contribution is -2.41. The van der Waals surface area contributed by atoms with E-state index in [1.165, 1.54) is 17.6 Å². The van der Waals surface area contributed by atoms with E-state index < -0.39 is 0 Å². The van der Waals surface area contributed by atoms with Gasteiger partial charge in [0.05, 0.1) is 25.0 Å². The van der Waals surface area contributed by atoms with Gasteiger partial charge < -0.3 is 19.4 Å². The van der Waals surface area contributed by atoms with Gasteiger partial charge >= 0.3 is 0 Å². The van der Waals surface area contributed by atoms with Crippen molar-refractivity contribution in [2.45, 2.75) is 20.3 Å². The Morgan fingerprint density at radius 3 is 2.71 bits per heavy atom. The summed E-state index contributed by atoms with van der Waals surface area (Å²) in [4.78, 5) is 28.1. The normalized spacial score (nSPS) is 14.7. The molecule has 0 saturated carbocycles. The van der Waals surface area contributed by atoms with E-state index in [2.05, 4.69) is 5.32 Å². The first kappa shape index (κ1) is 16.7. The second kappa shape index (κ2) is 7.19.